The van der Waals surface area contributed by atoms with E-state index in [4.69, 9.17) is 0 Å². The minimum absolute atomic E-state index is 0.0624. The van der Waals surface area contributed by atoms with E-state index in [-0.39, 0.29) is 5.91 Å². The molecule has 1 N–H and O–H groups in total. The minimum atomic E-state index is -0.752. The van der Waals surface area contributed by atoms with E-state index in [9.17, 15) is 9.00 Å². The molecule has 1 aromatic rings. The summed E-state index contributed by atoms with van der Waals surface area (Å²) in [6.45, 7) is 3.14. The number of amides is 1. The van der Waals surface area contributed by atoms with E-state index in [1.165, 1.54) is 0 Å². The first kappa shape index (κ1) is 11.3. The summed E-state index contributed by atoms with van der Waals surface area (Å²) in [6, 6.07) is 1.79. The number of rotatable bonds is 2. The van der Waals surface area contributed by atoms with Gasteiger partial charge >= 0.3 is 0 Å². The molecule has 0 atom stereocenters. The molecule has 0 radical (unpaired) electrons. The number of aryl methyl sites for hydroxylation is 1. The fourth-order valence-corrected chi connectivity index (χ4v) is 2.71. The first-order valence-corrected chi connectivity index (χ1v) is 6.88. The molecule has 0 aliphatic carbocycles. The van der Waals surface area contributed by atoms with Crippen LogP contribution in [0.2, 0.25) is 0 Å². The van der Waals surface area contributed by atoms with Gasteiger partial charge in [0.25, 0.3) is 5.91 Å². The maximum absolute atomic E-state index is 12.0. The van der Waals surface area contributed by atoms with Crippen molar-refractivity contribution in [1.29, 1.82) is 0 Å². The van der Waals surface area contributed by atoms with Crippen LogP contribution in [-0.2, 0) is 17.2 Å². The largest absolute Gasteiger partial charge is 0.335 e. The minimum Gasteiger partial charge on any atom is -0.335 e. The lowest BCUT2D eigenvalue weighted by atomic mass is 10.3. The zero-order valence-electron chi connectivity index (χ0n) is 9.23. The maximum atomic E-state index is 12.0. The van der Waals surface area contributed by atoms with Crippen molar-refractivity contribution in [2.75, 3.05) is 24.6 Å². The molecular weight excluding hydrogens is 226 g/mol. The van der Waals surface area contributed by atoms with Crippen molar-refractivity contribution in [2.45, 2.75) is 13.3 Å². The van der Waals surface area contributed by atoms with Gasteiger partial charge in [0, 0.05) is 41.1 Å². The van der Waals surface area contributed by atoms with E-state index in [2.05, 4.69) is 10.2 Å². The normalized spacial score (nSPS) is 17.7. The van der Waals surface area contributed by atoms with Crippen LogP contribution >= 0.6 is 0 Å². The van der Waals surface area contributed by atoms with Crippen LogP contribution in [0, 0.1) is 0 Å². The average molecular weight is 241 g/mol. The van der Waals surface area contributed by atoms with Crippen molar-refractivity contribution in [2.24, 2.45) is 0 Å². The van der Waals surface area contributed by atoms with Gasteiger partial charge in [-0.1, -0.05) is 6.92 Å². The van der Waals surface area contributed by atoms with Gasteiger partial charge in [0.1, 0.15) is 5.69 Å². The Morgan fingerprint density at radius 3 is 2.81 bits per heavy atom. The fourth-order valence-electron chi connectivity index (χ4n) is 1.66. The molecule has 0 aromatic carbocycles. The van der Waals surface area contributed by atoms with Crippen molar-refractivity contribution in [3.63, 3.8) is 0 Å². The molecule has 1 aliphatic heterocycles. The van der Waals surface area contributed by atoms with Gasteiger partial charge in [-0.25, -0.2) is 0 Å². The number of hydrogen-bond donors (Lipinski definition) is 1. The van der Waals surface area contributed by atoms with E-state index in [1.54, 1.807) is 11.0 Å². The highest BCUT2D eigenvalue weighted by molar-refractivity contribution is 7.85. The summed E-state index contributed by atoms with van der Waals surface area (Å²) in [5, 5.41) is 6.82. The van der Waals surface area contributed by atoms with Gasteiger partial charge in [-0.05, 0) is 12.5 Å². The smallest absolute Gasteiger partial charge is 0.274 e. The molecule has 88 valence electrons. The lowest BCUT2D eigenvalue weighted by Crippen LogP contribution is -2.41. The molecule has 5 nitrogen and oxygen atoms in total. The molecule has 2 rings (SSSR count). The van der Waals surface area contributed by atoms with Crippen LogP contribution in [0.4, 0.5) is 0 Å². The molecule has 0 unspecified atom stereocenters. The Labute approximate surface area is 96.7 Å². The molecule has 1 aromatic heterocycles. The first-order valence-electron chi connectivity index (χ1n) is 5.39. The lowest BCUT2D eigenvalue weighted by Gasteiger charge is -2.25. The van der Waals surface area contributed by atoms with E-state index in [0.717, 1.165) is 12.1 Å². The number of carbonyl (C=O) groups excluding carboxylic acids is 1. The Morgan fingerprint density at radius 2 is 2.25 bits per heavy atom. The highest BCUT2D eigenvalue weighted by atomic mass is 32.2. The standard InChI is InChI=1S/C10H15N3O2S/c1-2-8-7-9(12-11-8)10(14)13-3-5-16(15)6-4-13/h7H,2-6H2,1H3,(H,11,12). The molecule has 6 heteroatoms. The molecular formula is C10H15N3O2S. The van der Waals surface area contributed by atoms with Crippen LogP contribution in [0.5, 0.6) is 0 Å². The third-order valence-electron chi connectivity index (χ3n) is 2.70. The highest BCUT2D eigenvalue weighted by Crippen LogP contribution is 2.08. The number of aromatic nitrogens is 2. The second-order valence-electron chi connectivity index (χ2n) is 3.77. The summed E-state index contributed by atoms with van der Waals surface area (Å²) in [5.74, 6) is 1.10. The molecule has 0 spiro atoms. The van der Waals surface area contributed by atoms with Gasteiger partial charge in [0.05, 0.1) is 0 Å². The number of aromatic amines is 1. The summed E-state index contributed by atoms with van der Waals surface area (Å²) in [5.41, 5.74) is 1.42. The Kier molecular flexibility index (Phi) is 3.38. The van der Waals surface area contributed by atoms with Crippen LogP contribution < -0.4 is 0 Å². The Bertz CT molecular complexity index is 406. The SMILES string of the molecule is CCc1cc(C(=O)N2CCS(=O)CC2)n[nH]1. The van der Waals surface area contributed by atoms with Crippen LogP contribution in [0.15, 0.2) is 6.07 Å². The number of H-pyrrole nitrogens is 1. The summed E-state index contributed by atoms with van der Waals surface area (Å²) >= 11 is 0. The first-order chi connectivity index (χ1) is 7.70. The zero-order chi connectivity index (χ0) is 11.5. The molecule has 1 saturated heterocycles. The number of hydrogen-bond acceptors (Lipinski definition) is 3. The van der Waals surface area contributed by atoms with Crippen molar-refractivity contribution in [1.82, 2.24) is 15.1 Å². The second-order valence-corrected chi connectivity index (χ2v) is 5.47. The van der Waals surface area contributed by atoms with Gasteiger partial charge in [-0.15, -0.1) is 0 Å². The summed E-state index contributed by atoms with van der Waals surface area (Å²) < 4.78 is 11.2. The topological polar surface area (TPSA) is 66.1 Å². The van der Waals surface area contributed by atoms with E-state index >= 15 is 0 Å². The summed E-state index contributed by atoms with van der Waals surface area (Å²) in [7, 11) is -0.752. The van der Waals surface area contributed by atoms with Gasteiger partial charge in [-0.3, -0.25) is 14.1 Å². The van der Waals surface area contributed by atoms with Crippen LogP contribution in [0.1, 0.15) is 23.1 Å². The number of nitrogens with zero attached hydrogens (tertiary/aromatic N) is 2. The predicted molar refractivity (Wildman–Crippen MR) is 61.7 cm³/mol. The van der Waals surface area contributed by atoms with Crippen molar-refractivity contribution in [3.8, 4) is 0 Å². The highest BCUT2D eigenvalue weighted by Gasteiger charge is 2.22. The molecule has 0 saturated carbocycles. The predicted octanol–water partition coefficient (Wildman–Crippen LogP) is 0.177. The molecule has 1 aliphatic rings. The van der Waals surface area contributed by atoms with Crippen molar-refractivity contribution in [3.05, 3.63) is 17.5 Å². The van der Waals surface area contributed by atoms with E-state index in [1.807, 2.05) is 6.92 Å². The third-order valence-corrected chi connectivity index (χ3v) is 3.97. The molecule has 1 amide bonds. The van der Waals surface area contributed by atoms with Crippen molar-refractivity contribution >= 4 is 16.7 Å². The van der Waals surface area contributed by atoms with Gasteiger partial charge in [0.2, 0.25) is 0 Å². The quantitative estimate of drug-likeness (QED) is 0.803. The average Bonchev–Trinajstić information content (AvgIpc) is 2.77. The molecule has 2 heterocycles. The fraction of sp³-hybridized carbons (Fsp3) is 0.600. The van der Waals surface area contributed by atoms with E-state index < -0.39 is 10.8 Å². The van der Waals surface area contributed by atoms with Gasteiger partial charge < -0.3 is 4.90 Å². The Morgan fingerprint density at radius 1 is 1.56 bits per heavy atom. The molecule has 16 heavy (non-hydrogen) atoms. The Hall–Kier alpha value is -1.17. The molecule has 0 bridgehead atoms. The Balaban J connectivity index is 2.04. The maximum Gasteiger partial charge on any atom is 0.274 e. The van der Waals surface area contributed by atoms with Gasteiger partial charge in [0.15, 0.2) is 0 Å². The summed E-state index contributed by atoms with van der Waals surface area (Å²) in [6.07, 6.45) is 0.838. The van der Waals surface area contributed by atoms with Crippen LogP contribution in [0.25, 0.3) is 0 Å². The lowest BCUT2D eigenvalue weighted by molar-refractivity contribution is 0.0765. The number of carbonyl (C=O) groups is 1. The number of nitrogens with one attached hydrogen (secondary N) is 1. The van der Waals surface area contributed by atoms with Crippen LogP contribution in [0.3, 0.4) is 0 Å². The summed E-state index contributed by atoms with van der Waals surface area (Å²) in [4.78, 5) is 13.7. The van der Waals surface area contributed by atoms with Crippen LogP contribution in [-0.4, -0.2) is 49.8 Å². The monoisotopic (exact) mass is 241 g/mol. The van der Waals surface area contributed by atoms with E-state index in [0.29, 0.717) is 30.3 Å². The second kappa shape index (κ2) is 4.78. The van der Waals surface area contributed by atoms with Crippen molar-refractivity contribution < 1.29 is 9.00 Å². The zero-order valence-corrected chi connectivity index (χ0v) is 10.0. The van der Waals surface area contributed by atoms with Gasteiger partial charge in [-0.2, -0.15) is 5.10 Å². The molecule has 1 fully saturated rings. The third kappa shape index (κ3) is 2.32.